The molecule has 1 aromatic heterocycles. The van der Waals surface area contributed by atoms with Crippen LogP contribution in [-0.4, -0.2) is 7.05 Å². The van der Waals surface area contributed by atoms with E-state index in [4.69, 9.17) is 4.42 Å². The first-order valence-corrected chi connectivity index (χ1v) is 6.49. The zero-order chi connectivity index (χ0) is 15.6. The molecule has 114 valence electrons. The van der Waals surface area contributed by atoms with E-state index in [0.29, 0.717) is 17.9 Å². The molecule has 2 nitrogen and oxygen atoms in total. The maximum atomic E-state index is 13.9. The van der Waals surface area contributed by atoms with Gasteiger partial charge in [-0.05, 0) is 37.4 Å². The fourth-order valence-corrected chi connectivity index (χ4v) is 2.13. The van der Waals surface area contributed by atoms with Crippen LogP contribution in [0.2, 0.25) is 0 Å². The molecule has 2 rings (SSSR count). The van der Waals surface area contributed by atoms with Gasteiger partial charge in [0, 0.05) is 12.0 Å². The van der Waals surface area contributed by atoms with Crippen molar-refractivity contribution < 1.29 is 22.0 Å². The predicted octanol–water partition coefficient (Wildman–Crippen LogP) is 4.31. The van der Waals surface area contributed by atoms with Crippen molar-refractivity contribution in [3.63, 3.8) is 0 Å². The summed E-state index contributed by atoms with van der Waals surface area (Å²) in [7, 11) is 1.54. The Balaban J connectivity index is 2.46. The van der Waals surface area contributed by atoms with E-state index in [1.807, 2.05) is 6.92 Å². The molecule has 6 heteroatoms. The summed E-state index contributed by atoms with van der Waals surface area (Å²) < 4.78 is 57.7. The lowest BCUT2D eigenvalue weighted by atomic mass is 10.0. The van der Waals surface area contributed by atoms with Gasteiger partial charge in [0.05, 0.1) is 11.6 Å². The first kappa shape index (κ1) is 15.6. The SMILES string of the molecule is CCc1ccc(C(NC)c2cc(C(F)(F)F)ccc2F)o1. The molecular weight excluding hydrogens is 286 g/mol. The maximum absolute atomic E-state index is 13.9. The molecule has 2 aromatic rings. The van der Waals surface area contributed by atoms with Crippen molar-refractivity contribution in [2.24, 2.45) is 0 Å². The Labute approximate surface area is 119 Å². The molecule has 0 aliphatic heterocycles. The Hall–Kier alpha value is -1.82. The van der Waals surface area contributed by atoms with Crippen molar-refractivity contribution in [1.82, 2.24) is 5.32 Å². The van der Waals surface area contributed by atoms with E-state index in [0.717, 1.165) is 18.2 Å². The zero-order valence-corrected chi connectivity index (χ0v) is 11.6. The molecule has 0 amide bonds. The predicted molar refractivity (Wildman–Crippen MR) is 70.4 cm³/mol. The fourth-order valence-electron chi connectivity index (χ4n) is 2.13. The monoisotopic (exact) mass is 301 g/mol. The molecule has 0 bridgehead atoms. The van der Waals surface area contributed by atoms with Crippen LogP contribution in [0.25, 0.3) is 0 Å². The van der Waals surface area contributed by atoms with Gasteiger partial charge in [-0.25, -0.2) is 4.39 Å². The minimum atomic E-state index is -4.52. The van der Waals surface area contributed by atoms with Gasteiger partial charge in [0.1, 0.15) is 17.3 Å². The van der Waals surface area contributed by atoms with Crippen LogP contribution in [0.3, 0.4) is 0 Å². The second kappa shape index (κ2) is 5.89. The van der Waals surface area contributed by atoms with E-state index >= 15 is 0 Å². The first-order chi connectivity index (χ1) is 9.86. The normalized spacial score (nSPS) is 13.4. The third-order valence-corrected chi connectivity index (χ3v) is 3.24. The Morgan fingerprint density at radius 2 is 1.90 bits per heavy atom. The summed E-state index contributed by atoms with van der Waals surface area (Å²) in [5, 5.41) is 2.79. The molecule has 1 aromatic carbocycles. The number of alkyl halides is 3. The molecule has 0 spiro atoms. The van der Waals surface area contributed by atoms with Crippen molar-refractivity contribution in [2.75, 3.05) is 7.05 Å². The van der Waals surface area contributed by atoms with Crippen LogP contribution in [0.4, 0.5) is 17.6 Å². The van der Waals surface area contributed by atoms with Gasteiger partial charge >= 0.3 is 6.18 Å². The van der Waals surface area contributed by atoms with Gasteiger partial charge in [0.25, 0.3) is 0 Å². The Kier molecular flexibility index (Phi) is 4.37. The van der Waals surface area contributed by atoms with Gasteiger partial charge in [-0.15, -0.1) is 0 Å². The Bertz CT molecular complexity index is 618. The lowest BCUT2D eigenvalue weighted by molar-refractivity contribution is -0.137. The van der Waals surface area contributed by atoms with Crippen molar-refractivity contribution in [2.45, 2.75) is 25.6 Å². The zero-order valence-electron chi connectivity index (χ0n) is 11.6. The summed E-state index contributed by atoms with van der Waals surface area (Å²) in [6.45, 7) is 1.89. The average Bonchev–Trinajstić information content (AvgIpc) is 2.89. The highest BCUT2D eigenvalue weighted by molar-refractivity contribution is 5.33. The molecule has 0 saturated heterocycles. The third-order valence-electron chi connectivity index (χ3n) is 3.24. The third kappa shape index (κ3) is 3.26. The van der Waals surface area contributed by atoms with Crippen LogP contribution in [0, 0.1) is 5.82 Å². The minimum absolute atomic E-state index is 0.0932. The quantitative estimate of drug-likeness (QED) is 0.851. The van der Waals surface area contributed by atoms with Gasteiger partial charge < -0.3 is 9.73 Å². The topological polar surface area (TPSA) is 25.2 Å². The number of aryl methyl sites for hydroxylation is 1. The molecule has 1 N–H and O–H groups in total. The van der Waals surface area contributed by atoms with Crippen LogP contribution >= 0.6 is 0 Å². The van der Waals surface area contributed by atoms with Gasteiger partial charge in [-0.1, -0.05) is 6.92 Å². The molecule has 0 aliphatic rings. The largest absolute Gasteiger partial charge is 0.464 e. The Morgan fingerprint density at radius 3 is 2.43 bits per heavy atom. The molecule has 0 aliphatic carbocycles. The molecule has 1 heterocycles. The van der Waals surface area contributed by atoms with Crippen molar-refractivity contribution in [1.29, 1.82) is 0 Å². The first-order valence-electron chi connectivity index (χ1n) is 6.49. The van der Waals surface area contributed by atoms with E-state index in [9.17, 15) is 17.6 Å². The van der Waals surface area contributed by atoms with Crippen LogP contribution < -0.4 is 5.32 Å². The van der Waals surface area contributed by atoms with E-state index in [-0.39, 0.29) is 5.56 Å². The fraction of sp³-hybridized carbons (Fsp3) is 0.333. The second-order valence-corrected chi connectivity index (χ2v) is 4.61. The number of benzene rings is 1. The van der Waals surface area contributed by atoms with Gasteiger partial charge in [0.15, 0.2) is 0 Å². The number of rotatable bonds is 4. The molecule has 0 saturated carbocycles. The van der Waals surface area contributed by atoms with E-state index < -0.39 is 23.6 Å². The summed E-state index contributed by atoms with van der Waals surface area (Å²) >= 11 is 0. The van der Waals surface area contributed by atoms with E-state index in [1.165, 1.54) is 0 Å². The van der Waals surface area contributed by atoms with Crippen molar-refractivity contribution in [3.05, 3.63) is 58.8 Å². The Morgan fingerprint density at radius 1 is 1.19 bits per heavy atom. The summed E-state index contributed by atoms with van der Waals surface area (Å²) in [5.74, 6) is 0.363. The molecular formula is C15H15F4NO. The van der Waals surface area contributed by atoms with Gasteiger partial charge in [-0.3, -0.25) is 0 Å². The standard InChI is InChI=1S/C15H15F4NO/c1-3-10-5-7-13(21-10)14(20-2)11-8-9(15(17,18)19)4-6-12(11)16/h4-8,14,20H,3H2,1-2H3. The van der Waals surface area contributed by atoms with Crippen LogP contribution in [0.1, 0.15) is 35.6 Å². The summed E-state index contributed by atoms with van der Waals surface area (Å²) in [4.78, 5) is 0. The number of furan rings is 1. The number of nitrogens with one attached hydrogen (secondary N) is 1. The van der Waals surface area contributed by atoms with E-state index in [2.05, 4.69) is 5.32 Å². The maximum Gasteiger partial charge on any atom is 0.416 e. The lowest BCUT2D eigenvalue weighted by Crippen LogP contribution is -2.19. The highest BCUT2D eigenvalue weighted by Gasteiger charge is 2.32. The van der Waals surface area contributed by atoms with Crippen LogP contribution in [-0.2, 0) is 12.6 Å². The molecule has 0 radical (unpaired) electrons. The van der Waals surface area contributed by atoms with Crippen molar-refractivity contribution >= 4 is 0 Å². The number of hydrogen-bond donors (Lipinski definition) is 1. The van der Waals surface area contributed by atoms with Crippen molar-refractivity contribution in [3.8, 4) is 0 Å². The molecule has 1 atom stereocenters. The van der Waals surface area contributed by atoms with Gasteiger partial charge in [-0.2, -0.15) is 13.2 Å². The summed E-state index contributed by atoms with van der Waals surface area (Å²) in [5.41, 5.74) is -0.981. The lowest BCUT2D eigenvalue weighted by Gasteiger charge is -2.17. The smallest absolute Gasteiger partial charge is 0.416 e. The summed E-state index contributed by atoms with van der Waals surface area (Å²) in [6, 6.07) is 4.96. The summed E-state index contributed by atoms with van der Waals surface area (Å²) in [6.07, 6.45) is -3.86. The molecule has 21 heavy (non-hydrogen) atoms. The molecule has 1 unspecified atom stereocenters. The van der Waals surface area contributed by atoms with Gasteiger partial charge in [0.2, 0.25) is 0 Å². The number of hydrogen-bond acceptors (Lipinski definition) is 2. The minimum Gasteiger partial charge on any atom is -0.464 e. The number of halogens is 4. The highest BCUT2D eigenvalue weighted by atomic mass is 19.4. The van der Waals surface area contributed by atoms with Crippen LogP contribution in [0.15, 0.2) is 34.7 Å². The average molecular weight is 301 g/mol. The van der Waals surface area contributed by atoms with Crippen LogP contribution in [0.5, 0.6) is 0 Å². The highest BCUT2D eigenvalue weighted by Crippen LogP contribution is 2.33. The molecule has 0 fully saturated rings. The van der Waals surface area contributed by atoms with E-state index in [1.54, 1.807) is 19.2 Å². The second-order valence-electron chi connectivity index (χ2n) is 4.61.